The number of hydrogen-bond donors (Lipinski definition) is 1. The maximum Gasteiger partial charge on any atom is 0.251 e. The van der Waals surface area contributed by atoms with E-state index in [1.165, 1.54) is 0 Å². The summed E-state index contributed by atoms with van der Waals surface area (Å²) in [5, 5.41) is 0. The van der Waals surface area contributed by atoms with Crippen LogP contribution in [0.5, 0.6) is 5.75 Å². The van der Waals surface area contributed by atoms with Crippen LogP contribution < -0.4 is 10.5 Å². The predicted octanol–water partition coefficient (Wildman–Crippen LogP) is 1.62. The molecule has 2 rings (SSSR count). The van der Waals surface area contributed by atoms with Crippen LogP contribution in [0.2, 0.25) is 0 Å². The average molecular weight is 329 g/mol. The van der Waals surface area contributed by atoms with E-state index < -0.39 is 0 Å². The van der Waals surface area contributed by atoms with Crippen LogP contribution in [-0.4, -0.2) is 50.3 Å². The lowest BCUT2D eigenvalue weighted by molar-refractivity contribution is -0.141. The number of nitrogens with zero attached hydrogens (tertiary/aromatic N) is 1. The molecule has 0 radical (unpaired) electrons. The predicted molar refractivity (Wildman–Crippen MR) is 88.5 cm³/mol. The minimum absolute atomic E-state index is 0. The first kappa shape index (κ1) is 18.7. The van der Waals surface area contributed by atoms with Gasteiger partial charge in [-0.05, 0) is 30.9 Å². The van der Waals surface area contributed by atoms with Crippen molar-refractivity contribution in [2.75, 3.05) is 27.2 Å². The van der Waals surface area contributed by atoms with E-state index >= 15 is 0 Å². The summed E-state index contributed by atoms with van der Waals surface area (Å²) in [6.07, 6.45) is 2.09. The molecule has 124 valence electrons. The lowest BCUT2D eigenvalue weighted by Gasteiger charge is -2.21. The Kier molecular flexibility index (Phi) is 7.65. The van der Waals surface area contributed by atoms with Crippen LogP contribution in [0.15, 0.2) is 24.3 Å². The molecule has 0 bridgehead atoms. The van der Waals surface area contributed by atoms with E-state index in [9.17, 15) is 4.79 Å². The minimum Gasteiger partial charge on any atom is -0.496 e. The molecule has 0 aliphatic carbocycles. The second-order valence-corrected chi connectivity index (χ2v) is 5.38. The van der Waals surface area contributed by atoms with Gasteiger partial charge < -0.3 is 20.1 Å². The summed E-state index contributed by atoms with van der Waals surface area (Å²) in [4.78, 5) is 14.0. The Morgan fingerprint density at radius 2 is 2.14 bits per heavy atom. The van der Waals surface area contributed by atoms with Crippen LogP contribution >= 0.6 is 12.4 Å². The molecule has 1 aromatic carbocycles. The normalized spacial score (nSPS) is 20.3. The van der Waals surface area contributed by atoms with Crippen LogP contribution in [0.3, 0.4) is 0 Å². The van der Waals surface area contributed by atoms with Crippen molar-refractivity contribution in [2.45, 2.75) is 31.5 Å². The molecule has 1 amide bonds. The number of likely N-dealkylation sites (N-methyl/N-ethyl adjacent to an activating group) is 1. The van der Waals surface area contributed by atoms with Gasteiger partial charge in [-0.1, -0.05) is 18.2 Å². The van der Waals surface area contributed by atoms with Crippen LogP contribution in [0.1, 0.15) is 18.4 Å². The van der Waals surface area contributed by atoms with Gasteiger partial charge in [0.2, 0.25) is 0 Å². The number of ether oxygens (including phenoxy) is 2. The van der Waals surface area contributed by atoms with Crippen LogP contribution in [0.4, 0.5) is 0 Å². The van der Waals surface area contributed by atoms with Crippen LogP contribution in [0, 0.1) is 0 Å². The fourth-order valence-electron chi connectivity index (χ4n) is 2.61. The van der Waals surface area contributed by atoms with Crippen molar-refractivity contribution in [1.82, 2.24) is 4.90 Å². The van der Waals surface area contributed by atoms with Gasteiger partial charge in [0.05, 0.1) is 13.2 Å². The fourth-order valence-corrected chi connectivity index (χ4v) is 2.61. The van der Waals surface area contributed by atoms with Gasteiger partial charge in [-0.15, -0.1) is 12.4 Å². The Balaban J connectivity index is 0.00000242. The molecular weight excluding hydrogens is 304 g/mol. The van der Waals surface area contributed by atoms with Gasteiger partial charge in [-0.2, -0.15) is 0 Å². The molecular formula is C16H25ClN2O3. The Hall–Kier alpha value is -1.30. The molecule has 1 heterocycles. The number of amides is 1. The number of benzene rings is 1. The van der Waals surface area contributed by atoms with E-state index in [0.717, 1.165) is 30.6 Å². The van der Waals surface area contributed by atoms with Crippen molar-refractivity contribution < 1.29 is 14.3 Å². The number of halogens is 1. The van der Waals surface area contributed by atoms with E-state index in [0.29, 0.717) is 13.1 Å². The monoisotopic (exact) mass is 328 g/mol. The van der Waals surface area contributed by atoms with E-state index in [1.807, 2.05) is 31.3 Å². The van der Waals surface area contributed by atoms with Crippen molar-refractivity contribution in [3.63, 3.8) is 0 Å². The van der Waals surface area contributed by atoms with Crippen molar-refractivity contribution in [1.29, 1.82) is 0 Å². The zero-order chi connectivity index (χ0) is 15.2. The van der Waals surface area contributed by atoms with Crippen molar-refractivity contribution in [3.8, 4) is 5.75 Å². The maximum absolute atomic E-state index is 12.3. The number of methoxy groups -OCH3 is 1. The van der Waals surface area contributed by atoms with Gasteiger partial charge in [0.15, 0.2) is 0 Å². The van der Waals surface area contributed by atoms with Crippen molar-refractivity contribution in [2.24, 2.45) is 5.73 Å². The quantitative estimate of drug-likeness (QED) is 0.862. The Labute approximate surface area is 138 Å². The first-order chi connectivity index (χ1) is 10.2. The first-order valence-electron chi connectivity index (χ1n) is 7.38. The van der Waals surface area contributed by atoms with Crippen LogP contribution in [-0.2, 0) is 16.0 Å². The SMILES string of the molecule is COc1ccccc1CCN(C)C(=O)[C@@H]1CC[C@H](CN)O1.Cl. The Morgan fingerprint density at radius 1 is 1.41 bits per heavy atom. The van der Waals surface area contributed by atoms with Gasteiger partial charge in [0.1, 0.15) is 11.9 Å². The largest absolute Gasteiger partial charge is 0.496 e. The highest BCUT2D eigenvalue weighted by atomic mass is 35.5. The van der Waals surface area contributed by atoms with Gasteiger partial charge in [0.25, 0.3) is 5.91 Å². The molecule has 1 aliphatic rings. The number of rotatable bonds is 6. The molecule has 2 N–H and O–H groups in total. The van der Waals surface area contributed by atoms with E-state index in [-0.39, 0.29) is 30.5 Å². The van der Waals surface area contributed by atoms with E-state index in [4.69, 9.17) is 15.2 Å². The number of para-hydroxylation sites is 1. The van der Waals surface area contributed by atoms with Gasteiger partial charge in [-0.3, -0.25) is 4.79 Å². The maximum atomic E-state index is 12.3. The van der Waals surface area contributed by atoms with Gasteiger partial charge >= 0.3 is 0 Å². The average Bonchev–Trinajstić information content (AvgIpc) is 3.01. The number of carbonyl (C=O) groups excluding carboxylic acids is 1. The fraction of sp³-hybridized carbons (Fsp3) is 0.562. The molecule has 1 saturated heterocycles. The highest BCUT2D eigenvalue weighted by Crippen LogP contribution is 2.21. The summed E-state index contributed by atoms with van der Waals surface area (Å²) in [5.41, 5.74) is 6.68. The van der Waals surface area contributed by atoms with E-state index in [2.05, 4.69) is 0 Å². The topological polar surface area (TPSA) is 64.8 Å². The third-order valence-electron chi connectivity index (χ3n) is 3.93. The summed E-state index contributed by atoms with van der Waals surface area (Å²) >= 11 is 0. The number of hydrogen-bond acceptors (Lipinski definition) is 4. The molecule has 1 aromatic rings. The van der Waals surface area contributed by atoms with Gasteiger partial charge in [-0.25, -0.2) is 0 Å². The molecule has 0 saturated carbocycles. The minimum atomic E-state index is -0.332. The molecule has 6 heteroatoms. The summed E-state index contributed by atoms with van der Waals surface area (Å²) in [5.74, 6) is 0.902. The second-order valence-electron chi connectivity index (χ2n) is 5.38. The number of nitrogens with two attached hydrogens (primary N) is 1. The van der Waals surface area contributed by atoms with Crippen molar-refractivity contribution in [3.05, 3.63) is 29.8 Å². The molecule has 1 fully saturated rings. The lowest BCUT2D eigenvalue weighted by Crippen LogP contribution is -2.38. The molecule has 22 heavy (non-hydrogen) atoms. The third-order valence-corrected chi connectivity index (χ3v) is 3.93. The standard InChI is InChI=1S/C16H24N2O3.ClH/c1-18(16(19)15-8-7-13(11-17)21-15)10-9-12-5-3-4-6-14(12)20-2;/h3-6,13,15H,7-11,17H2,1-2H3;1H/t13-,15+;/m1./s1. The third kappa shape index (κ3) is 4.60. The lowest BCUT2D eigenvalue weighted by atomic mass is 10.1. The smallest absolute Gasteiger partial charge is 0.251 e. The zero-order valence-corrected chi connectivity index (χ0v) is 14.0. The Morgan fingerprint density at radius 3 is 2.77 bits per heavy atom. The second kappa shape index (κ2) is 8.98. The summed E-state index contributed by atoms with van der Waals surface area (Å²) < 4.78 is 11.0. The molecule has 0 unspecified atom stereocenters. The summed E-state index contributed by atoms with van der Waals surface area (Å²) in [6, 6.07) is 7.87. The van der Waals surface area contributed by atoms with Crippen LogP contribution in [0.25, 0.3) is 0 Å². The zero-order valence-electron chi connectivity index (χ0n) is 13.2. The first-order valence-corrected chi connectivity index (χ1v) is 7.38. The highest BCUT2D eigenvalue weighted by molar-refractivity contribution is 5.85. The van der Waals surface area contributed by atoms with E-state index in [1.54, 1.807) is 12.0 Å². The summed E-state index contributed by atoms with van der Waals surface area (Å²) in [7, 11) is 3.48. The molecule has 0 spiro atoms. The highest BCUT2D eigenvalue weighted by Gasteiger charge is 2.31. The molecule has 0 aromatic heterocycles. The Bertz CT molecular complexity index is 484. The van der Waals surface area contributed by atoms with Gasteiger partial charge in [0, 0.05) is 20.1 Å². The summed E-state index contributed by atoms with van der Waals surface area (Å²) in [6.45, 7) is 1.13. The molecule has 1 aliphatic heterocycles. The molecule has 5 nitrogen and oxygen atoms in total. The molecule has 2 atom stereocenters. The van der Waals surface area contributed by atoms with Crippen molar-refractivity contribution >= 4 is 18.3 Å². The number of carbonyl (C=O) groups is 1.